The molecular formula is C27H37N3O3. The van der Waals surface area contributed by atoms with Gasteiger partial charge in [0.1, 0.15) is 5.75 Å². The van der Waals surface area contributed by atoms with Crippen molar-refractivity contribution in [1.29, 1.82) is 0 Å². The maximum absolute atomic E-state index is 12.8. The molecule has 1 atom stereocenters. The normalized spacial score (nSPS) is 15.8. The fraction of sp³-hybridized carbons (Fsp3) is 0.481. The lowest BCUT2D eigenvalue weighted by atomic mass is 9.96. The van der Waals surface area contributed by atoms with Crippen molar-refractivity contribution < 1.29 is 14.3 Å². The third-order valence-corrected chi connectivity index (χ3v) is 6.58. The number of nitrogens with one attached hydrogen (secondary N) is 2. The minimum absolute atomic E-state index is 0.0626. The van der Waals surface area contributed by atoms with Gasteiger partial charge in [-0.1, -0.05) is 12.1 Å². The first-order chi connectivity index (χ1) is 15.8. The van der Waals surface area contributed by atoms with Crippen LogP contribution in [-0.4, -0.2) is 49.5 Å². The number of likely N-dealkylation sites (tertiary alicyclic amines) is 1. The van der Waals surface area contributed by atoms with E-state index in [1.54, 1.807) is 19.2 Å². The van der Waals surface area contributed by atoms with Crippen molar-refractivity contribution in [2.45, 2.75) is 52.6 Å². The minimum Gasteiger partial charge on any atom is -0.496 e. The van der Waals surface area contributed by atoms with Crippen LogP contribution in [0.3, 0.4) is 0 Å². The number of nitrogens with zero attached hydrogens (tertiary/aromatic N) is 1. The van der Waals surface area contributed by atoms with E-state index in [9.17, 15) is 9.59 Å². The largest absolute Gasteiger partial charge is 0.496 e. The standard InChI is InChI=1S/C27H37N3O3/c1-18(2)30-13-11-21(12-14-30)17-28-26(31)23-8-6-7-22(16-23)20(4)29-27(32)24-9-10-25(33-5)19(3)15-24/h6-10,15-16,18,20-21H,11-14,17H2,1-5H3,(H,28,31)(H,29,32)/t20-/m1/s1. The summed E-state index contributed by atoms with van der Waals surface area (Å²) in [5.41, 5.74) is 3.00. The van der Waals surface area contributed by atoms with Crippen LogP contribution >= 0.6 is 0 Å². The van der Waals surface area contributed by atoms with Crippen LogP contribution in [0.1, 0.15) is 71.5 Å². The summed E-state index contributed by atoms with van der Waals surface area (Å²) in [6, 6.07) is 13.2. The number of ether oxygens (including phenoxy) is 1. The smallest absolute Gasteiger partial charge is 0.251 e. The molecule has 2 aromatic carbocycles. The van der Waals surface area contributed by atoms with Crippen LogP contribution in [0.15, 0.2) is 42.5 Å². The number of benzene rings is 2. The van der Waals surface area contributed by atoms with E-state index < -0.39 is 0 Å². The lowest BCUT2D eigenvalue weighted by Gasteiger charge is -2.34. The van der Waals surface area contributed by atoms with Gasteiger partial charge >= 0.3 is 0 Å². The molecule has 178 valence electrons. The summed E-state index contributed by atoms with van der Waals surface area (Å²) in [6.07, 6.45) is 2.23. The Morgan fingerprint density at radius 2 is 1.73 bits per heavy atom. The number of amides is 2. The molecule has 1 aliphatic rings. The predicted molar refractivity (Wildman–Crippen MR) is 132 cm³/mol. The third kappa shape index (κ3) is 6.57. The van der Waals surface area contributed by atoms with E-state index in [2.05, 4.69) is 29.4 Å². The number of carbonyl (C=O) groups excluding carboxylic acids is 2. The first-order valence-corrected chi connectivity index (χ1v) is 11.9. The summed E-state index contributed by atoms with van der Waals surface area (Å²) >= 11 is 0. The third-order valence-electron chi connectivity index (χ3n) is 6.58. The van der Waals surface area contributed by atoms with Gasteiger partial charge in [-0.05, 0) is 101 Å². The van der Waals surface area contributed by atoms with E-state index in [1.165, 1.54) is 0 Å². The Bertz CT molecular complexity index is 965. The topological polar surface area (TPSA) is 70.7 Å². The second-order valence-electron chi connectivity index (χ2n) is 9.29. The number of piperidine rings is 1. The average Bonchev–Trinajstić information content (AvgIpc) is 2.82. The fourth-order valence-electron chi connectivity index (χ4n) is 4.34. The average molecular weight is 452 g/mol. The molecule has 2 N–H and O–H groups in total. The SMILES string of the molecule is COc1ccc(C(=O)N[C@H](C)c2cccc(C(=O)NCC3CCN(C(C)C)CC3)c2)cc1C. The van der Waals surface area contributed by atoms with Crippen molar-refractivity contribution in [2.24, 2.45) is 5.92 Å². The van der Waals surface area contributed by atoms with Gasteiger partial charge < -0.3 is 20.3 Å². The van der Waals surface area contributed by atoms with Gasteiger partial charge in [-0.2, -0.15) is 0 Å². The Hall–Kier alpha value is -2.86. The molecule has 33 heavy (non-hydrogen) atoms. The van der Waals surface area contributed by atoms with Crippen LogP contribution in [0.4, 0.5) is 0 Å². The van der Waals surface area contributed by atoms with Crippen molar-refractivity contribution in [3.8, 4) is 5.75 Å². The first-order valence-electron chi connectivity index (χ1n) is 11.9. The number of hydrogen-bond acceptors (Lipinski definition) is 4. The highest BCUT2D eigenvalue weighted by Gasteiger charge is 2.21. The van der Waals surface area contributed by atoms with Gasteiger partial charge in [-0.25, -0.2) is 0 Å². The van der Waals surface area contributed by atoms with E-state index in [0.29, 0.717) is 29.6 Å². The zero-order chi connectivity index (χ0) is 24.0. The van der Waals surface area contributed by atoms with Crippen LogP contribution in [0.2, 0.25) is 0 Å². The lowest BCUT2D eigenvalue weighted by molar-refractivity contribution is 0.0927. The molecular weight excluding hydrogens is 414 g/mol. The van der Waals surface area contributed by atoms with Crippen LogP contribution in [-0.2, 0) is 0 Å². The molecule has 6 heteroatoms. The molecule has 2 aromatic rings. The molecule has 1 heterocycles. The number of hydrogen-bond donors (Lipinski definition) is 2. The molecule has 1 saturated heterocycles. The van der Waals surface area contributed by atoms with Gasteiger partial charge in [-0.15, -0.1) is 0 Å². The van der Waals surface area contributed by atoms with Gasteiger partial charge in [0.2, 0.25) is 0 Å². The molecule has 0 radical (unpaired) electrons. The van der Waals surface area contributed by atoms with Crippen molar-refractivity contribution in [3.05, 3.63) is 64.7 Å². The molecule has 0 bridgehead atoms. The molecule has 3 rings (SSSR count). The molecule has 0 aromatic heterocycles. The Kier molecular flexibility index (Phi) is 8.50. The number of methoxy groups -OCH3 is 1. The fourth-order valence-corrected chi connectivity index (χ4v) is 4.34. The highest BCUT2D eigenvalue weighted by atomic mass is 16.5. The number of rotatable bonds is 8. The molecule has 6 nitrogen and oxygen atoms in total. The minimum atomic E-state index is -0.229. The van der Waals surface area contributed by atoms with Crippen molar-refractivity contribution in [3.63, 3.8) is 0 Å². The quantitative estimate of drug-likeness (QED) is 0.626. The van der Waals surface area contributed by atoms with E-state index in [4.69, 9.17) is 4.74 Å². The van der Waals surface area contributed by atoms with Crippen LogP contribution in [0, 0.1) is 12.8 Å². The van der Waals surface area contributed by atoms with E-state index in [1.807, 2.05) is 44.2 Å². The van der Waals surface area contributed by atoms with Crippen molar-refractivity contribution in [2.75, 3.05) is 26.7 Å². The molecule has 0 spiro atoms. The summed E-state index contributed by atoms with van der Waals surface area (Å²) in [7, 11) is 1.61. The highest BCUT2D eigenvalue weighted by molar-refractivity contribution is 5.95. The molecule has 0 aliphatic carbocycles. The van der Waals surface area contributed by atoms with Crippen LogP contribution in [0.5, 0.6) is 5.75 Å². The Balaban J connectivity index is 1.55. The second kappa shape index (κ2) is 11.3. The predicted octanol–water partition coefficient (Wildman–Crippen LogP) is 4.34. The molecule has 1 aliphatic heterocycles. The maximum Gasteiger partial charge on any atom is 0.251 e. The van der Waals surface area contributed by atoms with Gasteiger partial charge in [0.05, 0.1) is 13.2 Å². The van der Waals surface area contributed by atoms with Crippen molar-refractivity contribution >= 4 is 11.8 Å². The van der Waals surface area contributed by atoms with Crippen molar-refractivity contribution in [1.82, 2.24) is 15.5 Å². The van der Waals surface area contributed by atoms with Gasteiger partial charge in [0.25, 0.3) is 11.8 Å². The summed E-state index contributed by atoms with van der Waals surface area (Å²) in [5, 5.41) is 6.13. The van der Waals surface area contributed by atoms with E-state index in [0.717, 1.165) is 42.8 Å². The van der Waals surface area contributed by atoms with Crippen LogP contribution in [0.25, 0.3) is 0 Å². The molecule has 0 unspecified atom stereocenters. The van der Waals surface area contributed by atoms with Crippen LogP contribution < -0.4 is 15.4 Å². The molecule has 1 fully saturated rings. The number of carbonyl (C=O) groups is 2. The Morgan fingerprint density at radius 1 is 1.03 bits per heavy atom. The van der Waals surface area contributed by atoms with E-state index in [-0.39, 0.29) is 17.9 Å². The lowest BCUT2D eigenvalue weighted by Crippen LogP contribution is -2.41. The summed E-state index contributed by atoms with van der Waals surface area (Å²) in [6.45, 7) is 11.2. The summed E-state index contributed by atoms with van der Waals surface area (Å²) in [5.74, 6) is 1.06. The summed E-state index contributed by atoms with van der Waals surface area (Å²) in [4.78, 5) is 28.0. The molecule has 0 saturated carbocycles. The molecule has 2 amide bonds. The maximum atomic E-state index is 12.8. The zero-order valence-corrected chi connectivity index (χ0v) is 20.5. The Morgan fingerprint density at radius 3 is 2.36 bits per heavy atom. The van der Waals surface area contributed by atoms with Gasteiger partial charge in [-0.3, -0.25) is 9.59 Å². The Labute approximate surface area is 197 Å². The zero-order valence-electron chi connectivity index (χ0n) is 20.5. The van der Waals surface area contributed by atoms with E-state index >= 15 is 0 Å². The number of aryl methyl sites for hydroxylation is 1. The monoisotopic (exact) mass is 451 g/mol. The second-order valence-corrected chi connectivity index (χ2v) is 9.29. The summed E-state index contributed by atoms with van der Waals surface area (Å²) < 4.78 is 5.27. The highest BCUT2D eigenvalue weighted by Crippen LogP contribution is 2.21. The first kappa shape index (κ1) is 24.8. The van der Waals surface area contributed by atoms with Gasteiger partial charge in [0, 0.05) is 23.7 Å². The van der Waals surface area contributed by atoms with Gasteiger partial charge in [0.15, 0.2) is 0 Å².